The third kappa shape index (κ3) is 6.44. The van der Waals surface area contributed by atoms with E-state index in [0.717, 1.165) is 32.5 Å². The van der Waals surface area contributed by atoms with Gasteiger partial charge in [-0.15, -0.1) is 0 Å². The molecule has 0 radical (unpaired) electrons. The highest BCUT2D eigenvalue weighted by molar-refractivity contribution is 5.66. The van der Waals surface area contributed by atoms with Gasteiger partial charge in [0.25, 0.3) is 0 Å². The number of rotatable bonds is 6. The second-order valence-electron chi connectivity index (χ2n) is 4.80. The number of hydrogen-bond acceptors (Lipinski definition) is 3. The van der Waals surface area contributed by atoms with Crippen LogP contribution in [0.25, 0.3) is 0 Å². The average Bonchev–Trinajstić information content (AvgIpc) is 2.27. The second kappa shape index (κ2) is 7.45. The molecule has 0 atom stereocenters. The largest absolute Gasteiger partial charge is 0.481 e. The summed E-state index contributed by atoms with van der Waals surface area (Å²) in [6.07, 6.45) is 4.62. The van der Waals surface area contributed by atoms with E-state index in [-0.39, 0.29) is 12.5 Å². The van der Waals surface area contributed by atoms with E-state index in [9.17, 15) is 4.79 Å². The van der Waals surface area contributed by atoms with Crippen molar-refractivity contribution < 1.29 is 14.6 Å². The molecule has 1 fully saturated rings. The van der Waals surface area contributed by atoms with E-state index in [1.54, 1.807) is 0 Å². The van der Waals surface area contributed by atoms with E-state index in [0.29, 0.717) is 6.61 Å². The first-order valence-electron chi connectivity index (χ1n) is 6.27. The summed E-state index contributed by atoms with van der Waals surface area (Å²) < 4.78 is 5.54. The molecule has 0 spiro atoms. The summed E-state index contributed by atoms with van der Waals surface area (Å²) in [5.41, 5.74) is 1.35. The van der Waals surface area contributed by atoms with Crippen molar-refractivity contribution in [1.82, 2.24) is 4.90 Å². The summed E-state index contributed by atoms with van der Waals surface area (Å²) in [5.74, 6) is -0.786. The first-order chi connectivity index (χ1) is 8.08. The van der Waals surface area contributed by atoms with Gasteiger partial charge in [-0.25, -0.2) is 0 Å². The van der Waals surface area contributed by atoms with Crippen molar-refractivity contribution in [3.63, 3.8) is 0 Å². The number of aliphatic carboxylic acids is 1. The van der Waals surface area contributed by atoms with Crippen LogP contribution in [0, 0.1) is 0 Å². The van der Waals surface area contributed by atoms with Gasteiger partial charge in [0.1, 0.15) is 0 Å². The number of carboxylic acid groups (broad SMARTS) is 1. The molecular weight excluding hydrogens is 218 g/mol. The molecule has 0 aliphatic carbocycles. The fourth-order valence-electron chi connectivity index (χ4n) is 1.88. The standard InChI is InChI=1S/C13H23NO3/c1-11(2)3-7-14-8-4-12(5-9-14)17-10-6-13(15)16/h3,12H,4-10H2,1-2H3,(H,15,16). The molecule has 1 aliphatic rings. The van der Waals surface area contributed by atoms with Crippen molar-refractivity contribution in [1.29, 1.82) is 0 Å². The molecule has 98 valence electrons. The molecular formula is C13H23NO3. The quantitative estimate of drug-likeness (QED) is 0.722. The van der Waals surface area contributed by atoms with Crippen molar-refractivity contribution in [3.8, 4) is 0 Å². The predicted molar refractivity (Wildman–Crippen MR) is 67.1 cm³/mol. The number of likely N-dealkylation sites (tertiary alicyclic amines) is 1. The summed E-state index contributed by atoms with van der Waals surface area (Å²) in [6.45, 7) is 7.67. The molecule has 0 unspecified atom stereocenters. The Morgan fingerprint density at radius 1 is 1.41 bits per heavy atom. The lowest BCUT2D eigenvalue weighted by Crippen LogP contribution is -2.37. The van der Waals surface area contributed by atoms with Gasteiger partial charge in [-0.2, -0.15) is 0 Å². The zero-order chi connectivity index (χ0) is 12.7. The van der Waals surface area contributed by atoms with E-state index in [4.69, 9.17) is 9.84 Å². The van der Waals surface area contributed by atoms with Crippen LogP contribution in [0.1, 0.15) is 33.1 Å². The molecule has 1 aliphatic heterocycles. The van der Waals surface area contributed by atoms with E-state index in [1.807, 2.05) is 0 Å². The van der Waals surface area contributed by atoms with Crippen molar-refractivity contribution in [2.24, 2.45) is 0 Å². The number of piperidine rings is 1. The Labute approximate surface area is 103 Å². The number of nitrogens with zero attached hydrogens (tertiary/aromatic N) is 1. The van der Waals surface area contributed by atoms with E-state index in [2.05, 4.69) is 24.8 Å². The minimum Gasteiger partial charge on any atom is -0.481 e. The number of hydrogen-bond donors (Lipinski definition) is 1. The number of ether oxygens (including phenoxy) is 1. The lowest BCUT2D eigenvalue weighted by molar-refractivity contribution is -0.138. The van der Waals surface area contributed by atoms with E-state index < -0.39 is 5.97 Å². The van der Waals surface area contributed by atoms with Gasteiger partial charge in [-0.05, 0) is 26.7 Å². The van der Waals surface area contributed by atoms with E-state index in [1.165, 1.54) is 5.57 Å². The Balaban J connectivity index is 2.13. The van der Waals surface area contributed by atoms with Gasteiger partial charge >= 0.3 is 5.97 Å². The highest BCUT2D eigenvalue weighted by atomic mass is 16.5. The van der Waals surface area contributed by atoms with Crippen LogP contribution in [0.5, 0.6) is 0 Å². The monoisotopic (exact) mass is 241 g/mol. The van der Waals surface area contributed by atoms with Crippen LogP contribution >= 0.6 is 0 Å². The van der Waals surface area contributed by atoms with Gasteiger partial charge < -0.3 is 9.84 Å². The maximum Gasteiger partial charge on any atom is 0.305 e. The summed E-state index contributed by atoms with van der Waals surface area (Å²) in [6, 6.07) is 0. The number of carboxylic acids is 1. The zero-order valence-electron chi connectivity index (χ0n) is 10.8. The molecule has 0 bridgehead atoms. The minimum atomic E-state index is -0.786. The van der Waals surface area contributed by atoms with Crippen molar-refractivity contribution >= 4 is 5.97 Å². The summed E-state index contributed by atoms with van der Waals surface area (Å²) in [4.78, 5) is 12.8. The Morgan fingerprint density at radius 3 is 2.59 bits per heavy atom. The molecule has 4 nitrogen and oxygen atoms in total. The van der Waals surface area contributed by atoms with Gasteiger partial charge in [0.15, 0.2) is 0 Å². The second-order valence-corrected chi connectivity index (χ2v) is 4.80. The molecule has 1 heterocycles. The highest BCUT2D eigenvalue weighted by Crippen LogP contribution is 2.14. The summed E-state index contributed by atoms with van der Waals surface area (Å²) in [5, 5.41) is 8.51. The van der Waals surface area contributed by atoms with Crippen molar-refractivity contribution in [3.05, 3.63) is 11.6 Å². The maximum absolute atomic E-state index is 10.3. The number of carbonyl (C=O) groups is 1. The van der Waals surface area contributed by atoms with Crippen LogP contribution in [0.15, 0.2) is 11.6 Å². The lowest BCUT2D eigenvalue weighted by atomic mass is 10.1. The van der Waals surface area contributed by atoms with Gasteiger partial charge in [-0.1, -0.05) is 11.6 Å². The van der Waals surface area contributed by atoms with Crippen LogP contribution < -0.4 is 0 Å². The fraction of sp³-hybridized carbons (Fsp3) is 0.769. The normalized spacial score (nSPS) is 18.0. The average molecular weight is 241 g/mol. The molecule has 17 heavy (non-hydrogen) atoms. The van der Waals surface area contributed by atoms with E-state index >= 15 is 0 Å². The SMILES string of the molecule is CC(C)=CCN1CCC(OCCC(=O)O)CC1. The third-order valence-corrected chi connectivity index (χ3v) is 2.96. The Morgan fingerprint density at radius 2 is 2.06 bits per heavy atom. The molecule has 1 N–H and O–H groups in total. The first-order valence-corrected chi connectivity index (χ1v) is 6.27. The molecule has 0 aromatic rings. The van der Waals surface area contributed by atoms with Gasteiger partial charge in [0.05, 0.1) is 19.1 Å². The van der Waals surface area contributed by atoms with Gasteiger partial charge in [0.2, 0.25) is 0 Å². The Bertz CT molecular complexity index is 264. The summed E-state index contributed by atoms with van der Waals surface area (Å²) in [7, 11) is 0. The molecule has 0 aromatic carbocycles. The topological polar surface area (TPSA) is 49.8 Å². The minimum absolute atomic E-state index is 0.109. The molecule has 0 aromatic heterocycles. The third-order valence-electron chi connectivity index (χ3n) is 2.96. The maximum atomic E-state index is 10.3. The van der Waals surface area contributed by atoms with Gasteiger partial charge in [-0.3, -0.25) is 9.69 Å². The van der Waals surface area contributed by atoms with Crippen LogP contribution in [0.3, 0.4) is 0 Å². The van der Waals surface area contributed by atoms with Crippen molar-refractivity contribution in [2.75, 3.05) is 26.2 Å². The van der Waals surface area contributed by atoms with Crippen LogP contribution in [0.2, 0.25) is 0 Å². The van der Waals surface area contributed by atoms with Crippen LogP contribution in [-0.4, -0.2) is 48.3 Å². The summed E-state index contributed by atoms with van der Waals surface area (Å²) >= 11 is 0. The molecule has 0 amide bonds. The van der Waals surface area contributed by atoms with Crippen molar-refractivity contribution in [2.45, 2.75) is 39.2 Å². The molecule has 4 heteroatoms. The predicted octanol–water partition coefficient (Wildman–Crippen LogP) is 1.91. The van der Waals surface area contributed by atoms with Crippen LogP contribution in [-0.2, 0) is 9.53 Å². The smallest absolute Gasteiger partial charge is 0.305 e. The molecule has 0 saturated carbocycles. The molecule has 1 rings (SSSR count). The zero-order valence-corrected chi connectivity index (χ0v) is 10.8. The first kappa shape index (κ1) is 14.2. The fourth-order valence-corrected chi connectivity index (χ4v) is 1.88. The highest BCUT2D eigenvalue weighted by Gasteiger charge is 2.18. The number of allylic oxidation sites excluding steroid dienone is 1. The molecule has 1 saturated heterocycles. The van der Waals surface area contributed by atoms with Crippen LogP contribution in [0.4, 0.5) is 0 Å². The van der Waals surface area contributed by atoms with Gasteiger partial charge in [0, 0.05) is 19.6 Å². The Kier molecular flexibility index (Phi) is 6.22. The Hall–Kier alpha value is -0.870. The lowest BCUT2D eigenvalue weighted by Gasteiger charge is -2.31.